The molecule has 0 saturated carbocycles. The zero-order valence-electron chi connectivity index (χ0n) is 18.5. The number of fused-ring (bicyclic) bond motifs is 1. The van der Waals surface area contributed by atoms with Gasteiger partial charge in [0, 0.05) is 30.8 Å². The van der Waals surface area contributed by atoms with Crippen molar-refractivity contribution >= 4 is 22.8 Å². The summed E-state index contributed by atoms with van der Waals surface area (Å²) >= 11 is 0. The summed E-state index contributed by atoms with van der Waals surface area (Å²) < 4.78 is 4.47. The maximum Gasteiger partial charge on any atom is 0.247 e. The fraction of sp³-hybridized carbons (Fsp3) is 0.292. The van der Waals surface area contributed by atoms with Crippen LogP contribution in [0.15, 0.2) is 66.9 Å². The third kappa shape index (κ3) is 2.71. The van der Waals surface area contributed by atoms with E-state index in [2.05, 4.69) is 0 Å². The normalized spacial score (nSPS) is 26.9. The smallest absolute Gasteiger partial charge is 0.247 e. The van der Waals surface area contributed by atoms with Crippen LogP contribution < -0.4 is 19.6 Å². The number of anilines is 2. The average molecular weight is 452 g/mol. The molecule has 0 radical (unpaired) electrons. The lowest BCUT2D eigenvalue weighted by Crippen LogP contribution is -2.77. The minimum absolute atomic E-state index is 0.155. The molecule has 3 heterocycles. The number of methoxy groups -OCH3 is 1. The van der Waals surface area contributed by atoms with Crippen molar-refractivity contribution in [3.63, 3.8) is 0 Å². The predicted octanol–water partition coefficient (Wildman–Crippen LogP) is 3.03. The van der Waals surface area contributed by atoms with Crippen molar-refractivity contribution in [3.8, 4) is 5.75 Å². The number of rotatable bonds is 7. The van der Waals surface area contributed by atoms with Crippen molar-refractivity contribution < 1.29 is 25.1 Å². The number of allylic oxidation sites excluding steroid dienone is 2. The lowest BCUT2D eigenvalue weighted by Gasteiger charge is -2.51. The second kappa shape index (κ2) is 7.60. The standard InChI is InChI=1S/C24H27N4O5/c1-3-22-26(31)20-11-8-18-16-21(20)28(22,32)27(18)24(12-4-5-13-25(24)14-15-29)23(30)17-6-9-19(33-2)10-7-17/h4-13,16,22,29,31-32H,3,14-15H2,1-2H3/q+1. The third-order valence-electron chi connectivity index (χ3n) is 6.67. The van der Waals surface area contributed by atoms with Gasteiger partial charge in [-0.3, -0.25) is 10.0 Å². The summed E-state index contributed by atoms with van der Waals surface area (Å²) in [6.45, 7) is 1.83. The number of β-amino-alcohol motifs (C(OH)–C–C–N with tert-alkyl or cyclic N) is 1. The van der Waals surface area contributed by atoms with E-state index in [0.29, 0.717) is 34.8 Å². The van der Waals surface area contributed by atoms with Crippen molar-refractivity contribution in [2.45, 2.75) is 25.2 Å². The fourth-order valence-corrected chi connectivity index (χ4v) is 5.20. The Balaban J connectivity index is 1.73. The number of carbonyl (C=O) groups is 1. The quantitative estimate of drug-likeness (QED) is 0.437. The molecule has 3 aliphatic heterocycles. The maximum absolute atomic E-state index is 14.3. The molecule has 172 valence electrons. The highest BCUT2D eigenvalue weighted by atomic mass is 16.6. The molecule has 3 N–H and O–H groups in total. The van der Waals surface area contributed by atoms with Crippen LogP contribution in [0.4, 0.5) is 17.1 Å². The molecule has 0 amide bonds. The second-order valence-electron chi connectivity index (χ2n) is 8.27. The number of nitrogens with zero attached hydrogens (tertiary/aromatic N) is 4. The number of benzene rings is 2. The molecule has 0 aliphatic carbocycles. The molecule has 33 heavy (non-hydrogen) atoms. The van der Waals surface area contributed by atoms with E-state index in [4.69, 9.17) is 4.74 Å². The average Bonchev–Trinajstić information content (AvgIpc) is 3.19. The Hall–Kier alpha value is -3.37. The summed E-state index contributed by atoms with van der Waals surface area (Å²) in [6, 6.07) is 12.1. The second-order valence-corrected chi connectivity index (χ2v) is 8.27. The highest BCUT2D eigenvalue weighted by Gasteiger charge is 2.67. The molecule has 5 rings (SSSR count). The first-order chi connectivity index (χ1) is 15.9. The van der Waals surface area contributed by atoms with Gasteiger partial charge in [-0.2, -0.15) is 10.3 Å². The van der Waals surface area contributed by atoms with Crippen LogP contribution in [0, 0.1) is 0 Å². The Bertz CT molecular complexity index is 1150. The zero-order chi connectivity index (χ0) is 23.4. The molecule has 2 aromatic carbocycles. The van der Waals surface area contributed by atoms with E-state index >= 15 is 0 Å². The molecule has 9 nitrogen and oxygen atoms in total. The molecule has 0 aromatic heterocycles. The minimum Gasteiger partial charge on any atom is -0.497 e. The Morgan fingerprint density at radius 3 is 2.61 bits per heavy atom. The summed E-state index contributed by atoms with van der Waals surface area (Å²) in [5.74, 6) is 0.331. The molecule has 0 saturated heterocycles. The van der Waals surface area contributed by atoms with Crippen LogP contribution in [-0.4, -0.2) is 58.3 Å². The number of hydrogen-bond acceptors (Lipinski definition) is 8. The molecule has 9 heteroatoms. The highest BCUT2D eigenvalue weighted by Crippen LogP contribution is 2.56. The van der Waals surface area contributed by atoms with Crippen LogP contribution in [0.25, 0.3) is 0 Å². The molecule has 2 aromatic rings. The summed E-state index contributed by atoms with van der Waals surface area (Å²) in [5.41, 5.74) is 0.529. The van der Waals surface area contributed by atoms with Crippen molar-refractivity contribution in [1.29, 1.82) is 0 Å². The lowest BCUT2D eigenvalue weighted by atomic mass is 9.92. The highest BCUT2D eigenvalue weighted by molar-refractivity contribution is 6.08. The van der Waals surface area contributed by atoms with Crippen LogP contribution in [0.3, 0.4) is 0 Å². The number of ether oxygens (including phenoxy) is 1. The van der Waals surface area contributed by atoms with Gasteiger partial charge in [-0.15, -0.1) is 5.01 Å². The fourth-order valence-electron chi connectivity index (χ4n) is 5.20. The minimum atomic E-state index is -1.51. The number of aliphatic hydroxyl groups excluding tert-OH is 1. The van der Waals surface area contributed by atoms with Crippen LogP contribution >= 0.6 is 0 Å². The molecule has 2 bridgehead atoms. The van der Waals surface area contributed by atoms with Gasteiger partial charge in [0.05, 0.1) is 13.7 Å². The van der Waals surface area contributed by atoms with Gasteiger partial charge < -0.3 is 14.7 Å². The summed E-state index contributed by atoms with van der Waals surface area (Å²) in [6.07, 6.45) is 6.68. The van der Waals surface area contributed by atoms with Crippen LogP contribution in [-0.2, 0) is 0 Å². The van der Waals surface area contributed by atoms with Gasteiger partial charge in [-0.1, -0.05) is 13.0 Å². The van der Waals surface area contributed by atoms with Gasteiger partial charge in [0.1, 0.15) is 17.1 Å². The largest absolute Gasteiger partial charge is 0.497 e. The maximum atomic E-state index is 14.3. The molecule has 0 spiro atoms. The van der Waals surface area contributed by atoms with E-state index in [1.165, 1.54) is 0 Å². The molecule has 3 unspecified atom stereocenters. The van der Waals surface area contributed by atoms with E-state index in [9.17, 15) is 20.3 Å². The third-order valence-corrected chi connectivity index (χ3v) is 6.67. The zero-order valence-corrected chi connectivity index (χ0v) is 18.5. The van der Waals surface area contributed by atoms with Gasteiger partial charge in [0.25, 0.3) is 0 Å². The van der Waals surface area contributed by atoms with E-state index in [1.54, 1.807) is 83.9 Å². The van der Waals surface area contributed by atoms with Crippen molar-refractivity contribution in [2.24, 2.45) is 0 Å². The van der Waals surface area contributed by atoms with Crippen molar-refractivity contribution in [3.05, 3.63) is 72.5 Å². The van der Waals surface area contributed by atoms with Crippen LogP contribution in [0.5, 0.6) is 5.75 Å². The van der Waals surface area contributed by atoms with E-state index in [0.717, 1.165) is 5.06 Å². The predicted molar refractivity (Wildman–Crippen MR) is 123 cm³/mol. The topological polar surface area (TPSA) is 96.7 Å². The Kier molecular flexibility index (Phi) is 4.95. The number of hydroxylamine groups is 2. The number of Topliss-reactive ketones (excluding diaryl/α,β-unsaturated/α-hetero) is 1. The number of aliphatic hydroxyl groups is 1. The molecule has 3 atom stereocenters. The Morgan fingerprint density at radius 2 is 1.94 bits per heavy atom. The number of carbonyl (C=O) groups excluding carboxylic acids is 1. The lowest BCUT2D eigenvalue weighted by molar-refractivity contribution is -0.145. The van der Waals surface area contributed by atoms with Gasteiger partial charge in [0.15, 0.2) is 0 Å². The van der Waals surface area contributed by atoms with Crippen LogP contribution in [0.1, 0.15) is 23.7 Å². The van der Waals surface area contributed by atoms with Crippen molar-refractivity contribution in [1.82, 2.24) is 9.66 Å². The van der Waals surface area contributed by atoms with Gasteiger partial charge in [-0.05, 0) is 53.3 Å². The van der Waals surface area contributed by atoms with E-state index in [-0.39, 0.29) is 18.9 Å². The Morgan fingerprint density at radius 1 is 1.18 bits per heavy atom. The van der Waals surface area contributed by atoms with Gasteiger partial charge in [0.2, 0.25) is 23.3 Å². The summed E-state index contributed by atoms with van der Waals surface area (Å²) in [5, 5.41) is 35.5. The number of hydrogen-bond donors (Lipinski definition) is 3. The Labute approximate surface area is 191 Å². The molecular formula is C24H27N4O5+. The molecule has 0 fully saturated rings. The first-order valence-corrected chi connectivity index (χ1v) is 10.9. The number of ketones is 1. The summed E-state index contributed by atoms with van der Waals surface area (Å²) in [7, 11) is 1.56. The molecular weight excluding hydrogens is 424 g/mol. The van der Waals surface area contributed by atoms with Crippen molar-refractivity contribution in [2.75, 3.05) is 30.3 Å². The van der Waals surface area contributed by atoms with Crippen LogP contribution in [0.2, 0.25) is 0 Å². The monoisotopic (exact) mass is 451 g/mol. The van der Waals surface area contributed by atoms with Gasteiger partial charge in [-0.25, -0.2) is 0 Å². The van der Waals surface area contributed by atoms with E-state index in [1.807, 2.05) is 6.92 Å². The molecule has 3 aliphatic rings. The number of quaternary nitrogens is 1. The SMILES string of the molecule is CCC1N(O)c2ccc3cc2[N+]1(O)N3C1(C(=O)c2ccc(OC)cc2)C=CC=CN1CCO. The first-order valence-electron chi connectivity index (χ1n) is 10.9. The summed E-state index contributed by atoms with van der Waals surface area (Å²) in [4.78, 5) is 16.0. The first kappa shape index (κ1) is 21.5. The van der Waals surface area contributed by atoms with E-state index < -0.39 is 16.6 Å². The van der Waals surface area contributed by atoms with Gasteiger partial charge >= 0.3 is 0 Å².